The number of amides is 1. The molecule has 2 unspecified atom stereocenters. The molecule has 9 heteroatoms. The number of rotatable bonds is 9. The highest BCUT2D eigenvalue weighted by atomic mass is 16.6. The van der Waals surface area contributed by atoms with Gasteiger partial charge in [-0.25, -0.2) is 14.4 Å². The fourth-order valence-electron chi connectivity index (χ4n) is 4.45. The predicted octanol–water partition coefficient (Wildman–Crippen LogP) is 3.53. The minimum Gasteiger partial charge on any atom is -0.478 e. The van der Waals surface area contributed by atoms with Crippen LogP contribution in [0.2, 0.25) is 0 Å². The largest absolute Gasteiger partial charge is 0.478 e. The summed E-state index contributed by atoms with van der Waals surface area (Å²) in [6.45, 7) is 7.18. The molecule has 198 valence electrons. The zero-order chi connectivity index (χ0) is 26.6. The quantitative estimate of drug-likeness (QED) is 0.492. The van der Waals surface area contributed by atoms with E-state index >= 15 is 0 Å². The standard InChI is InChI=1S/C24H30N2O3.C4H4O4/c1-19-6-5-7-20(16-19)17-22-18-26(24(27)29-22)23(21-8-3-2-4-9-21)10-11-25-12-14-28-15-13-25;5-3(6)1-2-4(7)8/h2-9,16,22-23H,10-15,17-18H2,1H3;1-2H,(H,5,6)(H,7,8)/b;2-1+. The lowest BCUT2D eigenvalue weighted by molar-refractivity contribution is -0.134. The molecule has 2 aliphatic rings. The second-order valence-corrected chi connectivity index (χ2v) is 9.03. The predicted molar refractivity (Wildman–Crippen MR) is 137 cm³/mol. The molecule has 2 N–H and O–H groups in total. The molecule has 2 aromatic rings. The van der Waals surface area contributed by atoms with Crippen LogP contribution in [0.5, 0.6) is 0 Å². The Balaban J connectivity index is 0.000000414. The van der Waals surface area contributed by atoms with E-state index in [0.717, 1.165) is 45.7 Å². The Labute approximate surface area is 216 Å². The van der Waals surface area contributed by atoms with Crippen molar-refractivity contribution in [3.8, 4) is 0 Å². The SMILES string of the molecule is Cc1cccc(CC2CN(C(CCN3CCOCC3)c3ccccc3)C(=O)O2)c1.O=C(O)/C=C/C(=O)O. The highest BCUT2D eigenvalue weighted by Gasteiger charge is 2.36. The molecule has 2 saturated heterocycles. The maximum atomic E-state index is 12.8. The molecule has 0 aromatic heterocycles. The summed E-state index contributed by atoms with van der Waals surface area (Å²) in [6, 6.07) is 18.8. The number of hydrogen-bond acceptors (Lipinski definition) is 6. The second kappa shape index (κ2) is 14.2. The number of carbonyl (C=O) groups is 3. The monoisotopic (exact) mass is 510 g/mol. The summed E-state index contributed by atoms with van der Waals surface area (Å²) in [5, 5.41) is 15.6. The van der Waals surface area contributed by atoms with Crippen molar-refractivity contribution in [1.82, 2.24) is 9.80 Å². The molecule has 9 nitrogen and oxygen atoms in total. The summed E-state index contributed by atoms with van der Waals surface area (Å²) in [7, 11) is 0. The Hall–Kier alpha value is -3.69. The molecule has 1 amide bonds. The van der Waals surface area contributed by atoms with Crippen molar-refractivity contribution >= 4 is 18.0 Å². The first-order valence-electron chi connectivity index (χ1n) is 12.3. The molecule has 0 saturated carbocycles. The van der Waals surface area contributed by atoms with Gasteiger partial charge in [-0.3, -0.25) is 9.80 Å². The highest BCUT2D eigenvalue weighted by molar-refractivity contribution is 5.89. The van der Waals surface area contributed by atoms with Crippen molar-refractivity contribution in [2.45, 2.75) is 31.9 Å². The zero-order valence-corrected chi connectivity index (χ0v) is 21.0. The number of carbonyl (C=O) groups excluding carboxylic acids is 1. The van der Waals surface area contributed by atoms with Crippen molar-refractivity contribution in [2.24, 2.45) is 0 Å². The van der Waals surface area contributed by atoms with E-state index < -0.39 is 11.9 Å². The van der Waals surface area contributed by atoms with Crippen LogP contribution in [-0.2, 0) is 25.5 Å². The molecule has 0 radical (unpaired) electrons. The van der Waals surface area contributed by atoms with Gasteiger partial charge in [-0.1, -0.05) is 60.2 Å². The zero-order valence-electron chi connectivity index (χ0n) is 21.0. The molecule has 0 spiro atoms. The lowest BCUT2D eigenvalue weighted by atomic mass is 10.0. The topological polar surface area (TPSA) is 117 Å². The summed E-state index contributed by atoms with van der Waals surface area (Å²) in [5.74, 6) is -2.51. The number of hydrogen-bond donors (Lipinski definition) is 2. The van der Waals surface area contributed by atoms with Crippen LogP contribution in [0.25, 0.3) is 0 Å². The third kappa shape index (κ3) is 9.36. The van der Waals surface area contributed by atoms with Gasteiger partial charge in [-0.05, 0) is 24.5 Å². The fourth-order valence-corrected chi connectivity index (χ4v) is 4.45. The maximum absolute atomic E-state index is 12.8. The van der Waals surface area contributed by atoms with E-state index in [2.05, 4.69) is 48.2 Å². The highest BCUT2D eigenvalue weighted by Crippen LogP contribution is 2.30. The number of aryl methyl sites for hydroxylation is 1. The summed E-state index contributed by atoms with van der Waals surface area (Å²) < 4.78 is 11.2. The van der Waals surface area contributed by atoms with E-state index in [-0.39, 0.29) is 18.2 Å². The van der Waals surface area contributed by atoms with Crippen LogP contribution in [-0.4, -0.2) is 83.5 Å². The second-order valence-electron chi connectivity index (χ2n) is 9.03. The minimum absolute atomic E-state index is 0.0362. The van der Waals surface area contributed by atoms with E-state index in [1.807, 2.05) is 23.1 Å². The van der Waals surface area contributed by atoms with E-state index in [1.165, 1.54) is 16.7 Å². The average Bonchev–Trinajstić information content (AvgIpc) is 3.24. The smallest absolute Gasteiger partial charge is 0.410 e. The Morgan fingerprint density at radius 2 is 1.70 bits per heavy atom. The van der Waals surface area contributed by atoms with Crippen molar-refractivity contribution in [3.05, 3.63) is 83.4 Å². The van der Waals surface area contributed by atoms with Crippen LogP contribution in [0.4, 0.5) is 4.79 Å². The fraction of sp³-hybridized carbons (Fsp3) is 0.393. The number of morpholine rings is 1. The molecule has 37 heavy (non-hydrogen) atoms. The number of benzene rings is 2. The first kappa shape index (κ1) is 27.9. The van der Waals surface area contributed by atoms with Gasteiger partial charge in [0.15, 0.2) is 0 Å². The number of cyclic esters (lactones) is 1. The van der Waals surface area contributed by atoms with Gasteiger partial charge >= 0.3 is 18.0 Å². The molecule has 2 fully saturated rings. The third-order valence-electron chi connectivity index (χ3n) is 6.20. The first-order valence-corrected chi connectivity index (χ1v) is 12.3. The Bertz CT molecular complexity index is 1050. The molecular weight excluding hydrogens is 476 g/mol. The van der Waals surface area contributed by atoms with Crippen LogP contribution in [0.15, 0.2) is 66.7 Å². The summed E-state index contributed by atoms with van der Waals surface area (Å²) in [5.41, 5.74) is 3.62. The average molecular weight is 511 g/mol. The van der Waals surface area contributed by atoms with Gasteiger partial charge in [0.05, 0.1) is 25.8 Å². The van der Waals surface area contributed by atoms with Gasteiger partial charge in [0.25, 0.3) is 0 Å². The molecule has 2 atom stereocenters. The molecule has 0 aliphatic carbocycles. The van der Waals surface area contributed by atoms with E-state index in [0.29, 0.717) is 18.7 Å². The molecule has 2 heterocycles. The molecular formula is C28H34N2O7. The van der Waals surface area contributed by atoms with Crippen LogP contribution >= 0.6 is 0 Å². The number of aliphatic carboxylic acids is 2. The minimum atomic E-state index is -1.26. The molecule has 2 aliphatic heterocycles. The van der Waals surface area contributed by atoms with Crippen molar-refractivity contribution in [1.29, 1.82) is 0 Å². The van der Waals surface area contributed by atoms with Crippen molar-refractivity contribution < 1.29 is 34.1 Å². The normalized spacial score (nSPS) is 18.7. The first-order chi connectivity index (χ1) is 17.8. The molecule has 0 bridgehead atoms. The molecule has 4 rings (SSSR count). The number of carboxylic acid groups (broad SMARTS) is 2. The van der Waals surface area contributed by atoms with E-state index in [9.17, 15) is 14.4 Å². The van der Waals surface area contributed by atoms with Gasteiger partial charge < -0.3 is 19.7 Å². The maximum Gasteiger partial charge on any atom is 0.410 e. The Morgan fingerprint density at radius 1 is 1.03 bits per heavy atom. The third-order valence-corrected chi connectivity index (χ3v) is 6.20. The number of nitrogens with zero attached hydrogens (tertiary/aromatic N) is 2. The summed E-state index contributed by atoms with van der Waals surface area (Å²) in [6.07, 6.45) is 2.48. The van der Waals surface area contributed by atoms with Gasteiger partial charge in [-0.2, -0.15) is 0 Å². The Morgan fingerprint density at radius 3 is 2.32 bits per heavy atom. The van der Waals surface area contributed by atoms with Gasteiger partial charge in [0.1, 0.15) is 6.10 Å². The lowest BCUT2D eigenvalue weighted by Crippen LogP contribution is -2.39. The van der Waals surface area contributed by atoms with Gasteiger partial charge in [0, 0.05) is 38.2 Å². The van der Waals surface area contributed by atoms with Gasteiger partial charge in [-0.15, -0.1) is 0 Å². The summed E-state index contributed by atoms with van der Waals surface area (Å²) in [4.78, 5) is 36.2. The Kier molecular flexibility index (Phi) is 10.7. The van der Waals surface area contributed by atoms with Crippen LogP contribution in [0, 0.1) is 6.92 Å². The van der Waals surface area contributed by atoms with Crippen molar-refractivity contribution in [2.75, 3.05) is 39.4 Å². The number of carboxylic acids is 2. The van der Waals surface area contributed by atoms with Crippen LogP contribution in [0.3, 0.4) is 0 Å². The van der Waals surface area contributed by atoms with E-state index in [1.54, 1.807) is 0 Å². The van der Waals surface area contributed by atoms with E-state index in [4.69, 9.17) is 19.7 Å². The van der Waals surface area contributed by atoms with Crippen molar-refractivity contribution in [3.63, 3.8) is 0 Å². The van der Waals surface area contributed by atoms with Gasteiger partial charge in [0.2, 0.25) is 0 Å². The number of ether oxygens (including phenoxy) is 2. The lowest BCUT2D eigenvalue weighted by Gasteiger charge is -2.31. The van der Waals surface area contributed by atoms with Crippen LogP contribution in [0.1, 0.15) is 29.2 Å². The summed E-state index contributed by atoms with van der Waals surface area (Å²) >= 11 is 0. The van der Waals surface area contributed by atoms with Crippen LogP contribution < -0.4 is 0 Å². The molecule has 2 aromatic carbocycles.